The first-order valence-corrected chi connectivity index (χ1v) is 23.7. The van der Waals surface area contributed by atoms with Gasteiger partial charge in [0.2, 0.25) is 0 Å². The number of hydrogen-bond acceptors (Lipinski definition) is 3. The van der Waals surface area contributed by atoms with Crippen molar-refractivity contribution in [1.82, 2.24) is 0 Å². The van der Waals surface area contributed by atoms with Crippen LogP contribution in [0.3, 0.4) is 0 Å². The lowest BCUT2D eigenvalue weighted by molar-refractivity contribution is 0.610. The largest absolute Gasteiger partial charge is 0.333 e. The maximum absolute atomic E-state index is 8.77. The van der Waals surface area contributed by atoms with Crippen LogP contribution in [-0.4, -0.2) is 11.3 Å². The number of thiophene rings is 1. The van der Waals surface area contributed by atoms with Crippen molar-refractivity contribution in [3.63, 3.8) is 0 Å². The van der Waals surface area contributed by atoms with Crippen LogP contribution in [0.15, 0.2) is 221 Å². The molecule has 61 heavy (non-hydrogen) atoms. The number of rotatable bonds is 7. The van der Waals surface area contributed by atoms with Crippen molar-refractivity contribution >= 4 is 50.0 Å². The fourth-order valence-electron chi connectivity index (χ4n) is 10.8. The molecule has 298 valence electrons. The summed E-state index contributed by atoms with van der Waals surface area (Å²) in [5.74, 6) is 0.870. The van der Waals surface area contributed by atoms with Gasteiger partial charge in [0.15, 0.2) is 0 Å². The molecule has 0 N–H and O–H groups in total. The Bertz CT molecular complexity index is 3130. The predicted octanol–water partition coefficient (Wildman–Crippen LogP) is 15.0. The van der Waals surface area contributed by atoms with E-state index in [4.69, 9.17) is 6.85 Å². The third-order valence-corrected chi connectivity index (χ3v) is 16.4. The van der Waals surface area contributed by atoms with E-state index >= 15 is 0 Å². The molecule has 3 aromatic carbocycles. The quantitative estimate of drug-likeness (QED) is 0.183. The summed E-state index contributed by atoms with van der Waals surface area (Å²) >= 11 is 3.99. The molecule has 0 fully saturated rings. The molecule has 1 aliphatic heterocycles. The van der Waals surface area contributed by atoms with Gasteiger partial charge < -0.3 is 4.90 Å². The van der Waals surface area contributed by atoms with Crippen LogP contribution >= 0.6 is 23.1 Å². The van der Waals surface area contributed by atoms with E-state index < -0.39 is 0 Å². The van der Waals surface area contributed by atoms with Crippen LogP contribution in [0, 0.1) is 23.7 Å². The van der Waals surface area contributed by atoms with Gasteiger partial charge >= 0.3 is 0 Å². The Hall–Kier alpha value is -5.61. The Balaban J connectivity index is 0.878. The van der Waals surface area contributed by atoms with Gasteiger partial charge in [-0.15, -0.1) is 23.1 Å². The smallest absolute Gasteiger partial charge is 0.0629 e. The van der Waals surface area contributed by atoms with E-state index in [1.165, 1.54) is 65.5 Å². The van der Waals surface area contributed by atoms with Crippen LogP contribution in [0.2, 0.25) is 0 Å². The van der Waals surface area contributed by atoms with Crippen LogP contribution < -0.4 is 4.90 Å². The minimum atomic E-state index is -0.370. The van der Waals surface area contributed by atoms with Crippen molar-refractivity contribution < 1.29 is 6.85 Å². The highest BCUT2D eigenvalue weighted by atomic mass is 32.2. The van der Waals surface area contributed by atoms with Gasteiger partial charge in [-0.05, 0) is 106 Å². The van der Waals surface area contributed by atoms with Crippen molar-refractivity contribution in [2.24, 2.45) is 23.7 Å². The van der Waals surface area contributed by atoms with Gasteiger partial charge in [0.25, 0.3) is 0 Å². The molecule has 1 aromatic heterocycles. The Labute approximate surface area is 376 Å². The summed E-state index contributed by atoms with van der Waals surface area (Å²) in [5, 5.41) is 1.85. The van der Waals surface area contributed by atoms with E-state index in [1.807, 2.05) is 35.3 Å². The highest BCUT2D eigenvalue weighted by Crippen LogP contribution is 2.51. The lowest BCUT2D eigenvalue weighted by atomic mass is 9.72. The van der Waals surface area contributed by atoms with Gasteiger partial charge in [-0.25, -0.2) is 0 Å². The zero-order chi connectivity index (χ0) is 44.6. The van der Waals surface area contributed by atoms with E-state index in [2.05, 4.69) is 151 Å². The third kappa shape index (κ3) is 6.60. The first-order valence-electron chi connectivity index (χ1n) is 24.5. The fraction of sp³-hybridized carbons (Fsp3) is 0.207. The van der Waals surface area contributed by atoms with E-state index in [9.17, 15) is 0 Å². The molecule has 0 spiro atoms. The zero-order valence-corrected chi connectivity index (χ0v) is 35.6. The molecule has 1 nitrogen and oxygen atoms in total. The summed E-state index contributed by atoms with van der Waals surface area (Å²) in [4.78, 5) is 5.48. The molecule has 6 atom stereocenters. The van der Waals surface area contributed by atoms with E-state index in [1.54, 1.807) is 5.57 Å². The second kappa shape index (κ2) is 15.7. The fourth-order valence-corrected chi connectivity index (χ4v) is 13.7. The number of fused-ring (bicyclic) bond motifs is 6. The first-order chi connectivity index (χ1) is 32.3. The number of hydrogen-bond donors (Lipinski definition) is 0. The summed E-state index contributed by atoms with van der Waals surface area (Å²) in [6.45, 7) is 0. The van der Waals surface area contributed by atoms with Gasteiger partial charge in [0, 0.05) is 44.4 Å². The maximum atomic E-state index is 8.77. The normalized spacial score (nSPS) is 28.2. The molecule has 0 radical (unpaired) electrons. The number of benzene rings is 3. The number of nitrogens with zero attached hydrogens (tertiary/aromatic N) is 1. The monoisotopic (exact) mass is 828 g/mol. The van der Waals surface area contributed by atoms with Crippen molar-refractivity contribution in [2.45, 2.75) is 49.8 Å². The lowest BCUT2D eigenvalue weighted by Crippen LogP contribution is -2.34. The summed E-state index contributed by atoms with van der Waals surface area (Å²) in [5.41, 5.74) is 12.8. The Kier molecular flexibility index (Phi) is 8.27. The molecule has 0 saturated heterocycles. The molecule has 12 rings (SSSR count). The summed E-state index contributed by atoms with van der Waals surface area (Å²) in [6.07, 6.45) is 47.7. The minimum absolute atomic E-state index is 0.0332. The highest BCUT2D eigenvalue weighted by molar-refractivity contribution is 8.04. The average molecular weight is 829 g/mol. The standard InChI is InChI=1S/C58H49NS2/c1-3-13-39(14-4-1)45-35-36-46(49-18-8-7-17-48(45)49)41-27-32-44(33-28-41)59(43-30-25-38(26-31-43)42-29-34-51-50-19-9-10-24-55(50)60-56(51)37-42)54-23-12-22-53-52-21-11-20-47(57(52)61-58(53)54)40-15-5-2-6-16-40/h1-8,10,12-18,20,22-25,27-32,34-38,44,46,49,51,56H,9,11,19,21,26,33H2/i1D,3D,4D,13D,14D. The average Bonchev–Trinajstić information content (AvgIpc) is 3.95. The second-order valence-corrected chi connectivity index (χ2v) is 19.4. The number of thioether (sulfide) groups is 1. The molecule has 2 heterocycles. The van der Waals surface area contributed by atoms with Crippen LogP contribution in [0.25, 0.3) is 21.2 Å². The molecule has 8 aliphatic rings. The van der Waals surface area contributed by atoms with Crippen molar-refractivity contribution in [3.8, 4) is 0 Å². The molecule has 7 aliphatic carbocycles. The van der Waals surface area contributed by atoms with Gasteiger partial charge in [-0.3, -0.25) is 0 Å². The molecule has 0 bridgehead atoms. The topological polar surface area (TPSA) is 3.24 Å². The molecular weight excluding hydrogens is 775 g/mol. The first kappa shape index (κ1) is 32.2. The number of aryl methyl sites for hydroxylation is 1. The molecule has 0 amide bonds. The summed E-state index contributed by atoms with van der Waals surface area (Å²) < 4.78 is 43.8. The van der Waals surface area contributed by atoms with Gasteiger partial charge in [0.1, 0.15) is 0 Å². The Morgan fingerprint density at radius 2 is 1.57 bits per heavy atom. The highest BCUT2D eigenvalue weighted by Gasteiger charge is 2.36. The number of allylic oxidation sites excluding steroid dienone is 20. The molecule has 0 saturated carbocycles. The summed E-state index contributed by atoms with van der Waals surface area (Å²) in [7, 11) is 0. The Morgan fingerprint density at radius 1 is 0.672 bits per heavy atom. The SMILES string of the molecule is [2H]c1c([2H])c([2H])c(C2=C3C=CC=CC3C(C3=CCC(N(C4=CCC(C5=CC6SC7=C(CCC=C7)C6C=C5)C=C4)c4cccc5c6c(sc45)C(c4ccccc4)=CCC6)C=C3)C=C2)c([2H])c1[2H]. The van der Waals surface area contributed by atoms with Crippen molar-refractivity contribution in [2.75, 3.05) is 4.90 Å². The number of anilines is 1. The Morgan fingerprint density at radius 3 is 2.44 bits per heavy atom. The summed E-state index contributed by atoms with van der Waals surface area (Å²) in [6, 6.07) is 16.5. The van der Waals surface area contributed by atoms with Gasteiger partial charge in [-0.2, -0.15) is 0 Å². The minimum Gasteiger partial charge on any atom is -0.333 e. The van der Waals surface area contributed by atoms with E-state index in [0.717, 1.165) is 37.7 Å². The zero-order valence-electron chi connectivity index (χ0n) is 39.0. The van der Waals surface area contributed by atoms with Gasteiger partial charge in [-0.1, -0.05) is 176 Å². The van der Waals surface area contributed by atoms with Crippen LogP contribution in [-0.2, 0) is 6.42 Å². The van der Waals surface area contributed by atoms with Crippen molar-refractivity contribution in [3.05, 3.63) is 243 Å². The lowest BCUT2D eigenvalue weighted by Gasteiger charge is -2.37. The van der Waals surface area contributed by atoms with Crippen LogP contribution in [0.5, 0.6) is 0 Å². The van der Waals surface area contributed by atoms with Crippen molar-refractivity contribution in [1.29, 1.82) is 0 Å². The predicted molar refractivity (Wildman–Crippen MR) is 262 cm³/mol. The van der Waals surface area contributed by atoms with Crippen LogP contribution in [0.4, 0.5) is 5.69 Å². The second-order valence-electron chi connectivity index (χ2n) is 17.1. The van der Waals surface area contributed by atoms with E-state index in [0.29, 0.717) is 22.7 Å². The van der Waals surface area contributed by atoms with Gasteiger partial charge in [0.05, 0.1) is 23.3 Å². The molecule has 4 aromatic rings. The molecular formula is C58H49NS2. The molecule has 6 unspecified atom stereocenters. The van der Waals surface area contributed by atoms with Crippen LogP contribution in [0.1, 0.15) is 60.5 Å². The molecule has 3 heteroatoms. The maximum Gasteiger partial charge on any atom is 0.0629 e. The third-order valence-electron chi connectivity index (χ3n) is 13.8. The van der Waals surface area contributed by atoms with E-state index in [-0.39, 0.29) is 53.7 Å².